The Balaban J connectivity index is 1.82. The SMILES string of the molecule is O=C(COC(=O)c1cccc(Cl)c1)NC1CC1. The average Bonchev–Trinajstić information content (AvgIpc) is 3.10. The molecule has 1 aromatic rings. The highest BCUT2D eigenvalue weighted by molar-refractivity contribution is 6.30. The van der Waals surface area contributed by atoms with Gasteiger partial charge < -0.3 is 10.1 Å². The quantitative estimate of drug-likeness (QED) is 0.832. The minimum Gasteiger partial charge on any atom is -0.452 e. The molecule has 1 aromatic carbocycles. The Hall–Kier alpha value is -1.55. The number of esters is 1. The van der Waals surface area contributed by atoms with Crippen LogP contribution in [0.25, 0.3) is 0 Å². The number of nitrogens with one attached hydrogen (secondary N) is 1. The summed E-state index contributed by atoms with van der Waals surface area (Å²) in [7, 11) is 0. The van der Waals surface area contributed by atoms with Crippen LogP contribution >= 0.6 is 11.6 Å². The molecule has 1 N–H and O–H groups in total. The van der Waals surface area contributed by atoms with Crippen molar-refractivity contribution < 1.29 is 14.3 Å². The van der Waals surface area contributed by atoms with Gasteiger partial charge in [-0.15, -0.1) is 0 Å². The molecule has 2 rings (SSSR count). The van der Waals surface area contributed by atoms with E-state index in [0.29, 0.717) is 10.6 Å². The molecule has 1 amide bonds. The smallest absolute Gasteiger partial charge is 0.338 e. The number of carbonyl (C=O) groups is 2. The van der Waals surface area contributed by atoms with Crippen molar-refractivity contribution in [2.45, 2.75) is 18.9 Å². The predicted molar refractivity (Wildman–Crippen MR) is 62.9 cm³/mol. The Morgan fingerprint density at radius 3 is 2.82 bits per heavy atom. The molecule has 0 radical (unpaired) electrons. The summed E-state index contributed by atoms with van der Waals surface area (Å²) in [5, 5.41) is 3.19. The lowest BCUT2D eigenvalue weighted by Crippen LogP contribution is -2.30. The number of rotatable bonds is 4. The van der Waals surface area contributed by atoms with Crippen LogP contribution in [0.2, 0.25) is 5.02 Å². The van der Waals surface area contributed by atoms with E-state index in [0.717, 1.165) is 12.8 Å². The molecule has 17 heavy (non-hydrogen) atoms. The van der Waals surface area contributed by atoms with Crippen molar-refractivity contribution in [2.75, 3.05) is 6.61 Å². The van der Waals surface area contributed by atoms with Gasteiger partial charge in [0.05, 0.1) is 5.56 Å². The molecule has 5 heteroatoms. The summed E-state index contributed by atoms with van der Waals surface area (Å²) >= 11 is 5.74. The normalized spacial score (nSPS) is 14.2. The molecule has 0 aromatic heterocycles. The van der Waals surface area contributed by atoms with E-state index in [4.69, 9.17) is 16.3 Å². The van der Waals surface area contributed by atoms with Gasteiger partial charge in [0, 0.05) is 11.1 Å². The highest BCUT2D eigenvalue weighted by Gasteiger charge is 2.23. The van der Waals surface area contributed by atoms with Gasteiger partial charge in [-0.25, -0.2) is 4.79 Å². The number of ether oxygens (including phenoxy) is 1. The second-order valence-electron chi connectivity index (χ2n) is 3.93. The summed E-state index contributed by atoms with van der Waals surface area (Å²) in [5.74, 6) is -0.804. The second-order valence-corrected chi connectivity index (χ2v) is 4.36. The van der Waals surface area contributed by atoms with Crippen LogP contribution < -0.4 is 5.32 Å². The summed E-state index contributed by atoms with van der Waals surface area (Å²) in [6.45, 7) is -0.248. The topological polar surface area (TPSA) is 55.4 Å². The van der Waals surface area contributed by atoms with Crippen LogP contribution in [-0.4, -0.2) is 24.5 Å². The summed E-state index contributed by atoms with van der Waals surface area (Å²) in [6.07, 6.45) is 2.02. The van der Waals surface area contributed by atoms with E-state index in [2.05, 4.69) is 5.32 Å². The van der Waals surface area contributed by atoms with Gasteiger partial charge in [0.2, 0.25) is 0 Å². The molecule has 0 heterocycles. The largest absolute Gasteiger partial charge is 0.452 e. The van der Waals surface area contributed by atoms with E-state index in [1.807, 2.05) is 0 Å². The first-order chi connectivity index (χ1) is 8.15. The van der Waals surface area contributed by atoms with Crippen LogP contribution in [0.1, 0.15) is 23.2 Å². The fraction of sp³-hybridized carbons (Fsp3) is 0.333. The van der Waals surface area contributed by atoms with E-state index < -0.39 is 5.97 Å². The van der Waals surface area contributed by atoms with Crippen molar-refractivity contribution in [1.82, 2.24) is 5.32 Å². The number of hydrogen-bond donors (Lipinski definition) is 1. The molecular formula is C12H12ClNO3. The number of amides is 1. The molecule has 0 bridgehead atoms. The highest BCUT2D eigenvalue weighted by atomic mass is 35.5. The van der Waals surface area contributed by atoms with Gasteiger partial charge in [0.25, 0.3) is 5.91 Å². The molecule has 1 aliphatic rings. The van der Waals surface area contributed by atoms with Crippen LogP contribution in [0, 0.1) is 0 Å². The molecule has 1 aliphatic carbocycles. The van der Waals surface area contributed by atoms with Gasteiger partial charge >= 0.3 is 5.97 Å². The van der Waals surface area contributed by atoms with Crippen LogP contribution in [-0.2, 0) is 9.53 Å². The van der Waals surface area contributed by atoms with Crippen molar-refractivity contribution in [1.29, 1.82) is 0 Å². The molecule has 0 atom stereocenters. The minimum absolute atomic E-state index is 0.248. The average molecular weight is 254 g/mol. The third-order valence-electron chi connectivity index (χ3n) is 2.34. The number of hydrogen-bond acceptors (Lipinski definition) is 3. The van der Waals surface area contributed by atoms with Crippen molar-refractivity contribution in [3.8, 4) is 0 Å². The lowest BCUT2D eigenvalue weighted by atomic mass is 10.2. The van der Waals surface area contributed by atoms with Crippen LogP contribution in [0.4, 0.5) is 0 Å². The maximum absolute atomic E-state index is 11.5. The van der Waals surface area contributed by atoms with Crippen molar-refractivity contribution in [2.24, 2.45) is 0 Å². The first kappa shape index (κ1) is 11.9. The van der Waals surface area contributed by atoms with E-state index in [1.165, 1.54) is 6.07 Å². The van der Waals surface area contributed by atoms with Gasteiger partial charge in [-0.1, -0.05) is 17.7 Å². The van der Waals surface area contributed by atoms with E-state index in [9.17, 15) is 9.59 Å². The lowest BCUT2D eigenvalue weighted by molar-refractivity contribution is -0.124. The minimum atomic E-state index is -0.543. The van der Waals surface area contributed by atoms with Gasteiger partial charge in [0.1, 0.15) is 0 Å². The zero-order valence-electron chi connectivity index (χ0n) is 9.11. The van der Waals surface area contributed by atoms with Crippen LogP contribution in [0.3, 0.4) is 0 Å². The zero-order valence-corrected chi connectivity index (χ0v) is 9.87. The molecular weight excluding hydrogens is 242 g/mol. The Labute approximate surface area is 104 Å². The van der Waals surface area contributed by atoms with Gasteiger partial charge in [-0.3, -0.25) is 4.79 Å². The molecule has 1 fully saturated rings. The van der Waals surface area contributed by atoms with Crippen molar-refractivity contribution in [3.05, 3.63) is 34.9 Å². The first-order valence-electron chi connectivity index (χ1n) is 5.37. The number of carbonyl (C=O) groups excluding carboxylic acids is 2. The highest BCUT2D eigenvalue weighted by Crippen LogP contribution is 2.18. The van der Waals surface area contributed by atoms with E-state index in [-0.39, 0.29) is 18.6 Å². The third-order valence-corrected chi connectivity index (χ3v) is 2.57. The molecule has 0 spiro atoms. The Kier molecular flexibility index (Phi) is 3.64. The predicted octanol–water partition coefficient (Wildman–Crippen LogP) is 1.78. The van der Waals surface area contributed by atoms with E-state index in [1.54, 1.807) is 18.2 Å². The van der Waals surface area contributed by atoms with Crippen LogP contribution in [0.15, 0.2) is 24.3 Å². The maximum Gasteiger partial charge on any atom is 0.338 e. The second kappa shape index (κ2) is 5.19. The Morgan fingerprint density at radius 1 is 1.41 bits per heavy atom. The first-order valence-corrected chi connectivity index (χ1v) is 5.75. The molecule has 0 aliphatic heterocycles. The number of benzene rings is 1. The summed E-state index contributed by atoms with van der Waals surface area (Å²) < 4.78 is 4.86. The Bertz CT molecular complexity index is 443. The lowest BCUT2D eigenvalue weighted by Gasteiger charge is -2.05. The molecule has 0 unspecified atom stereocenters. The molecule has 0 saturated heterocycles. The fourth-order valence-corrected chi connectivity index (χ4v) is 1.52. The van der Waals surface area contributed by atoms with Crippen molar-refractivity contribution >= 4 is 23.5 Å². The van der Waals surface area contributed by atoms with Gasteiger partial charge in [-0.05, 0) is 31.0 Å². The Morgan fingerprint density at radius 2 is 2.18 bits per heavy atom. The standard InChI is InChI=1S/C12H12ClNO3/c13-9-3-1-2-8(6-9)12(16)17-7-11(15)14-10-4-5-10/h1-3,6,10H,4-5,7H2,(H,14,15). The van der Waals surface area contributed by atoms with E-state index >= 15 is 0 Å². The van der Waals surface area contributed by atoms with Crippen molar-refractivity contribution in [3.63, 3.8) is 0 Å². The molecule has 4 nitrogen and oxygen atoms in total. The van der Waals surface area contributed by atoms with Crippen LogP contribution in [0.5, 0.6) is 0 Å². The maximum atomic E-state index is 11.5. The summed E-state index contributed by atoms with van der Waals surface area (Å²) in [5.41, 5.74) is 0.344. The van der Waals surface area contributed by atoms with Gasteiger partial charge in [-0.2, -0.15) is 0 Å². The number of halogens is 1. The molecule has 90 valence electrons. The molecule has 1 saturated carbocycles. The monoisotopic (exact) mass is 253 g/mol. The summed E-state index contributed by atoms with van der Waals surface area (Å²) in [4.78, 5) is 22.8. The zero-order chi connectivity index (χ0) is 12.3. The fourth-order valence-electron chi connectivity index (χ4n) is 1.33. The third kappa shape index (κ3) is 3.75. The van der Waals surface area contributed by atoms with Gasteiger partial charge in [0.15, 0.2) is 6.61 Å². The summed E-state index contributed by atoms with van der Waals surface area (Å²) in [6, 6.07) is 6.68.